The number of hydrogen-bond acceptors (Lipinski definition) is 4. The van der Waals surface area contributed by atoms with Crippen molar-refractivity contribution in [2.24, 2.45) is 5.73 Å². The van der Waals surface area contributed by atoms with E-state index in [-0.39, 0.29) is 5.82 Å². The molecule has 190 valence electrons. The third-order valence-corrected chi connectivity index (χ3v) is 7.58. The zero-order valence-electron chi connectivity index (χ0n) is 20.4. The van der Waals surface area contributed by atoms with Crippen LogP contribution in [0.15, 0.2) is 66.7 Å². The van der Waals surface area contributed by atoms with Gasteiger partial charge in [-0.25, -0.2) is 4.39 Å². The second kappa shape index (κ2) is 10.7. The van der Waals surface area contributed by atoms with Crippen molar-refractivity contribution in [2.45, 2.75) is 12.3 Å². The van der Waals surface area contributed by atoms with Crippen LogP contribution in [0.3, 0.4) is 0 Å². The summed E-state index contributed by atoms with van der Waals surface area (Å²) >= 11 is 13.0. The number of fused-ring (bicyclic) bond motifs is 1. The quantitative estimate of drug-likeness (QED) is 0.334. The Morgan fingerprint density at radius 2 is 1.65 bits per heavy atom. The molecule has 1 unspecified atom stereocenters. The first-order valence-corrected chi connectivity index (χ1v) is 13.0. The van der Waals surface area contributed by atoms with Crippen LogP contribution in [0, 0.1) is 5.82 Å². The van der Waals surface area contributed by atoms with Crippen molar-refractivity contribution in [2.75, 3.05) is 38.1 Å². The van der Waals surface area contributed by atoms with E-state index >= 15 is 0 Å². The molecule has 4 aromatic rings. The van der Waals surface area contributed by atoms with Crippen LogP contribution in [0.4, 0.5) is 10.1 Å². The predicted octanol–water partition coefficient (Wildman–Crippen LogP) is 6.11. The van der Waals surface area contributed by atoms with Crippen LogP contribution in [0.1, 0.15) is 23.6 Å². The van der Waals surface area contributed by atoms with Gasteiger partial charge >= 0.3 is 0 Å². The van der Waals surface area contributed by atoms with Gasteiger partial charge in [0.25, 0.3) is 0 Å². The molecular weight excluding hydrogens is 510 g/mol. The number of anilines is 1. The Morgan fingerprint density at radius 3 is 2.35 bits per heavy atom. The van der Waals surface area contributed by atoms with Gasteiger partial charge in [0.2, 0.25) is 5.91 Å². The maximum Gasteiger partial charge on any atom is 0.231 e. The molecule has 37 heavy (non-hydrogen) atoms. The summed E-state index contributed by atoms with van der Waals surface area (Å²) in [6.07, 6.45) is 1.04. The third kappa shape index (κ3) is 5.14. The SMILES string of the molecule is CN1CCCN(c2cccc3c(-c4ccc(F)cc4)nc(C(C(N)=O)c4c(Cl)cccc4Cl)cc23)CC1. The molecule has 1 aromatic heterocycles. The van der Waals surface area contributed by atoms with E-state index in [0.29, 0.717) is 27.0 Å². The monoisotopic (exact) mass is 536 g/mol. The lowest BCUT2D eigenvalue weighted by Crippen LogP contribution is -2.29. The lowest BCUT2D eigenvalue weighted by molar-refractivity contribution is -0.118. The highest BCUT2D eigenvalue weighted by Crippen LogP contribution is 2.40. The predicted molar refractivity (Wildman–Crippen MR) is 149 cm³/mol. The maximum atomic E-state index is 13.8. The lowest BCUT2D eigenvalue weighted by atomic mass is 9.91. The van der Waals surface area contributed by atoms with Gasteiger partial charge in [-0.15, -0.1) is 0 Å². The van der Waals surface area contributed by atoms with Crippen molar-refractivity contribution in [3.63, 3.8) is 0 Å². The molecule has 2 heterocycles. The molecule has 0 bridgehead atoms. The summed E-state index contributed by atoms with van der Waals surface area (Å²) in [6, 6.07) is 19.3. The summed E-state index contributed by atoms with van der Waals surface area (Å²) < 4.78 is 13.8. The van der Waals surface area contributed by atoms with Gasteiger partial charge in [0.15, 0.2) is 0 Å². The molecule has 0 radical (unpaired) electrons. The number of pyridine rings is 1. The third-order valence-electron chi connectivity index (χ3n) is 6.92. The van der Waals surface area contributed by atoms with Gasteiger partial charge in [-0.2, -0.15) is 0 Å². The van der Waals surface area contributed by atoms with E-state index in [0.717, 1.165) is 54.6 Å². The number of carbonyl (C=O) groups is 1. The minimum atomic E-state index is -0.965. The fourth-order valence-electron chi connectivity index (χ4n) is 5.04. The standard InChI is InChI=1S/C29H27Cl2FN4O/c1-35-13-4-14-36(16-15-35)25-8-2-5-20-21(25)17-24(34-28(20)18-9-11-19(32)12-10-18)27(29(33)37)26-22(30)6-3-7-23(26)31/h2-3,5-12,17,27H,4,13-16H2,1H3,(H2,33,37). The van der Waals surface area contributed by atoms with Crippen LogP contribution in [0.5, 0.6) is 0 Å². The Labute approximate surface area is 225 Å². The van der Waals surface area contributed by atoms with Gasteiger partial charge in [0, 0.05) is 57.3 Å². The minimum absolute atomic E-state index is 0.337. The molecule has 1 aliphatic rings. The summed E-state index contributed by atoms with van der Waals surface area (Å²) in [7, 11) is 2.13. The van der Waals surface area contributed by atoms with Crippen LogP contribution in [0.2, 0.25) is 10.0 Å². The van der Waals surface area contributed by atoms with Crippen molar-refractivity contribution in [1.82, 2.24) is 9.88 Å². The number of carbonyl (C=O) groups excluding carboxylic acids is 1. The molecule has 0 saturated carbocycles. The van der Waals surface area contributed by atoms with Crippen molar-refractivity contribution in [1.29, 1.82) is 0 Å². The van der Waals surface area contributed by atoms with Crippen LogP contribution >= 0.6 is 23.2 Å². The topological polar surface area (TPSA) is 62.5 Å². The Morgan fingerprint density at radius 1 is 0.946 bits per heavy atom. The number of benzene rings is 3. The molecule has 3 aromatic carbocycles. The first-order valence-electron chi connectivity index (χ1n) is 12.2. The van der Waals surface area contributed by atoms with E-state index < -0.39 is 11.8 Å². The molecule has 1 atom stereocenters. The zero-order chi connectivity index (χ0) is 26.1. The van der Waals surface area contributed by atoms with Gasteiger partial charge in [-0.05, 0) is 68.5 Å². The van der Waals surface area contributed by atoms with Crippen LogP contribution in [0.25, 0.3) is 22.0 Å². The van der Waals surface area contributed by atoms with Crippen molar-refractivity contribution in [3.8, 4) is 11.3 Å². The average molecular weight is 537 g/mol. The number of aromatic nitrogens is 1. The number of rotatable bonds is 5. The number of halogens is 3. The minimum Gasteiger partial charge on any atom is -0.370 e. The highest BCUT2D eigenvalue weighted by atomic mass is 35.5. The number of primary amides is 1. The van der Waals surface area contributed by atoms with E-state index in [2.05, 4.69) is 22.9 Å². The van der Waals surface area contributed by atoms with E-state index in [4.69, 9.17) is 33.9 Å². The van der Waals surface area contributed by atoms with E-state index in [1.807, 2.05) is 18.2 Å². The lowest BCUT2D eigenvalue weighted by Gasteiger charge is -2.26. The summed E-state index contributed by atoms with van der Waals surface area (Å²) in [6.45, 7) is 3.75. The zero-order valence-corrected chi connectivity index (χ0v) is 21.9. The fourth-order valence-corrected chi connectivity index (χ4v) is 5.66. The van der Waals surface area contributed by atoms with Crippen molar-refractivity contribution in [3.05, 3.63) is 93.8 Å². The van der Waals surface area contributed by atoms with Gasteiger partial charge in [0.05, 0.1) is 11.4 Å². The normalized spacial score (nSPS) is 15.5. The maximum absolute atomic E-state index is 13.8. The average Bonchev–Trinajstić information content (AvgIpc) is 3.10. The fraction of sp³-hybridized carbons (Fsp3) is 0.241. The van der Waals surface area contributed by atoms with E-state index in [9.17, 15) is 9.18 Å². The second-order valence-corrected chi connectivity index (χ2v) is 10.2. The molecule has 1 amide bonds. The second-order valence-electron chi connectivity index (χ2n) is 9.39. The molecular formula is C29H27Cl2FN4O. The highest BCUT2D eigenvalue weighted by Gasteiger charge is 2.28. The van der Waals surface area contributed by atoms with Crippen molar-refractivity contribution < 1.29 is 9.18 Å². The highest BCUT2D eigenvalue weighted by molar-refractivity contribution is 6.36. The molecule has 2 N–H and O–H groups in total. The molecule has 1 saturated heterocycles. The molecule has 0 spiro atoms. The number of amides is 1. The first kappa shape index (κ1) is 25.5. The van der Waals surface area contributed by atoms with E-state index in [1.54, 1.807) is 30.3 Å². The smallest absolute Gasteiger partial charge is 0.231 e. The van der Waals surface area contributed by atoms with Crippen LogP contribution in [-0.2, 0) is 4.79 Å². The first-order chi connectivity index (χ1) is 17.8. The summed E-state index contributed by atoms with van der Waals surface area (Å²) in [5.74, 6) is -1.91. The van der Waals surface area contributed by atoms with Gasteiger partial charge in [-0.3, -0.25) is 9.78 Å². The number of likely N-dealkylation sites (N-methyl/N-ethyl adjacent to an activating group) is 1. The van der Waals surface area contributed by atoms with Crippen LogP contribution in [-0.4, -0.2) is 49.0 Å². The molecule has 0 aliphatic carbocycles. The van der Waals surface area contributed by atoms with Crippen LogP contribution < -0.4 is 10.6 Å². The largest absolute Gasteiger partial charge is 0.370 e. The molecule has 5 rings (SSSR count). The van der Waals surface area contributed by atoms with E-state index in [1.165, 1.54) is 12.1 Å². The molecule has 8 heteroatoms. The Kier molecular flexibility index (Phi) is 7.33. The van der Waals surface area contributed by atoms with Gasteiger partial charge < -0.3 is 15.5 Å². The summed E-state index contributed by atoms with van der Waals surface area (Å²) in [4.78, 5) is 22.5. The van der Waals surface area contributed by atoms with Gasteiger partial charge in [-0.1, -0.05) is 41.4 Å². The van der Waals surface area contributed by atoms with Gasteiger partial charge in [0.1, 0.15) is 11.7 Å². The Bertz CT molecular complexity index is 1440. The molecule has 5 nitrogen and oxygen atoms in total. The number of nitrogens with zero attached hydrogens (tertiary/aromatic N) is 3. The number of nitrogens with two attached hydrogens (primary N) is 1. The molecule has 1 aliphatic heterocycles. The summed E-state index contributed by atoms with van der Waals surface area (Å²) in [5.41, 5.74) is 9.22. The Balaban J connectivity index is 1.78. The summed E-state index contributed by atoms with van der Waals surface area (Å²) in [5, 5.41) is 2.51. The Hall–Kier alpha value is -3.19. The molecule has 1 fully saturated rings. The number of hydrogen-bond donors (Lipinski definition) is 1. The van der Waals surface area contributed by atoms with Crippen molar-refractivity contribution >= 4 is 45.6 Å².